The lowest BCUT2D eigenvalue weighted by Gasteiger charge is -2.24. The summed E-state index contributed by atoms with van der Waals surface area (Å²) in [6, 6.07) is 14.4. The van der Waals surface area contributed by atoms with Crippen molar-refractivity contribution in [1.82, 2.24) is 5.32 Å². The van der Waals surface area contributed by atoms with Crippen molar-refractivity contribution in [2.75, 3.05) is 18.5 Å². The molecule has 0 aliphatic heterocycles. The molecule has 3 rings (SSSR count). The summed E-state index contributed by atoms with van der Waals surface area (Å²) in [5.41, 5.74) is 1.25. The summed E-state index contributed by atoms with van der Waals surface area (Å²) in [5, 5.41) is 15.8. The second-order valence-corrected chi connectivity index (χ2v) is 6.28. The van der Waals surface area contributed by atoms with Crippen molar-refractivity contribution in [1.29, 1.82) is 0 Å². The molecule has 1 aliphatic rings. The van der Waals surface area contributed by atoms with Gasteiger partial charge in [0.1, 0.15) is 11.4 Å². The molecule has 1 unspecified atom stereocenters. The van der Waals surface area contributed by atoms with E-state index < -0.39 is 17.4 Å². The quantitative estimate of drug-likeness (QED) is 0.717. The molecule has 0 saturated carbocycles. The number of hydrogen-bond donors (Lipinski definition) is 3. The highest BCUT2D eigenvalue weighted by Gasteiger charge is 2.37. The van der Waals surface area contributed by atoms with Crippen LogP contribution in [0.25, 0.3) is 0 Å². The van der Waals surface area contributed by atoms with Gasteiger partial charge < -0.3 is 20.5 Å². The number of fused-ring (bicyclic) bond motifs is 1. The largest absolute Gasteiger partial charge is 0.494 e. The Morgan fingerprint density at radius 2 is 1.85 bits per heavy atom. The number of anilines is 1. The molecule has 6 heteroatoms. The zero-order valence-electron chi connectivity index (χ0n) is 14.6. The highest BCUT2D eigenvalue weighted by Crippen LogP contribution is 2.36. The molecule has 2 aromatic carbocycles. The molecule has 0 radical (unpaired) electrons. The fourth-order valence-electron chi connectivity index (χ4n) is 3.15. The zero-order chi connectivity index (χ0) is 18.6. The van der Waals surface area contributed by atoms with Crippen LogP contribution >= 0.6 is 0 Å². The normalized spacial score (nSPS) is 18.1. The minimum Gasteiger partial charge on any atom is -0.494 e. The van der Waals surface area contributed by atoms with Crippen LogP contribution in [0, 0.1) is 0 Å². The van der Waals surface area contributed by atoms with E-state index in [1.807, 2.05) is 31.2 Å². The molecule has 0 fully saturated rings. The maximum absolute atomic E-state index is 12.1. The van der Waals surface area contributed by atoms with Gasteiger partial charge in [0.2, 0.25) is 0 Å². The van der Waals surface area contributed by atoms with E-state index >= 15 is 0 Å². The molecule has 1 atom stereocenters. The Morgan fingerprint density at radius 3 is 2.58 bits per heavy atom. The third-order valence-electron chi connectivity index (χ3n) is 4.50. The average Bonchev–Trinajstić information content (AvgIpc) is 2.99. The maximum atomic E-state index is 12.1. The standard InChI is InChI=1S/C20H22N2O4/c1-2-26-16-9-7-15(8-10-16)22-19(24)18(23)21-13-20(25)12-11-14-5-3-4-6-17(14)20/h3-10,25H,2,11-13H2,1H3,(H,21,23)(H,22,24). The molecule has 2 aromatic rings. The van der Waals surface area contributed by atoms with Crippen LogP contribution in [-0.4, -0.2) is 30.1 Å². The van der Waals surface area contributed by atoms with E-state index in [-0.39, 0.29) is 6.54 Å². The Kier molecular flexibility index (Phi) is 5.23. The third-order valence-corrected chi connectivity index (χ3v) is 4.50. The molecule has 0 heterocycles. The summed E-state index contributed by atoms with van der Waals surface area (Å²) < 4.78 is 5.33. The van der Waals surface area contributed by atoms with Crippen molar-refractivity contribution in [3.63, 3.8) is 0 Å². The predicted octanol–water partition coefficient (Wildman–Crippen LogP) is 1.97. The highest BCUT2D eigenvalue weighted by molar-refractivity contribution is 6.39. The third kappa shape index (κ3) is 3.86. The van der Waals surface area contributed by atoms with Crippen molar-refractivity contribution < 1.29 is 19.4 Å². The van der Waals surface area contributed by atoms with Gasteiger partial charge in [0, 0.05) is 5.69 Å². The molecule has 0 bridgehead atoms. The van der Waals surface area contributed by atoms with Crippen LogP contribution in [0.1, 0.15) is 24.5 Å². The smallest absolute Gasteiger partial charge is 0.313 e. The van der Waals surface area contributed by atoms with E-state index in [1.54, 1.807) is 24.3 Å². The Morgan fingerprint density at radius 1 is 1.12 bits per heavy atom. The topological polar surface area (TPSA) is 87.7 Å². The van der Waals surface area contributed by atoms with Crippen LogP contribution < -0.4 is 15.4 Å². The van der Waals surface area contributed by atoms with Crippen molar-refractivity contribution in [3.8, 4) is 5.75 Å². The van der Waals surface area contributed by atoms with Gasteiger partial charge in [-0.1, -0.05) is 24.3 Å². The van der Waals surface area contributed by atoms with Crippen molar-refractivity contribution in [3.05, 3.63) is 59.7 Å². The Labute approximate surface area is 152 Å². The van der Waals surface area contributed by atoms with Crippen molar-refractivity contribution in [2.24, 2.45) is 0 Å². The molecule has 26 heavy (non-hydrogen) atoms. The Hall–Kier alpha value is -2.86. The zero-order valence-corrected chi connectivity index (χ0v) is 14.6. The molecular formula is C20H22N2O4. The Balaban J connectivity index is 1.56. The Bertz CT molecular complexity index is 804. The van der Waals surface area contributed by atoms with Gasteiger partial charge in [-0.15, -0.1) is 0 Å². The van der Waals surface area contributed by atoms with Crippen molar-refractivity contribution >= 4 is 17.5 Å². The molecule has 0 spiro atoms. The SMILES string of the molecule is CCOc1ccc(NC(=O)C(=O)NCC2(O)CCc3ccccc32)cc1. The molecule has 2 amide bonds. The van der Waals surface area contributed by atoms with Gasteiger partial charge in [-0.05, 0) is 55.2 Å². The summed E-state index contributed by atoms with van der Waals surface area (Å²) in [6.45, 7) is 2.44. The van der Waals surface area contributed by atoms with Gasteiger partial charge in [-0.25, -0.2) is 0 Å². The average molecular weight is 354 g/mol. The highest BCUT2D eigenvalue weighted by atomic mass is 16.5. The van der Waals surface area contributed by atoms with E-state index in [4.69, 9.17) is 4.74 Å². The van der Waals surface area contributed by atoms with Gasteiger partial charge in [0.15, 0.2) is 0 Å². The first kappa shape index (κ1) is 17.9. The van der Waals surface area contributed by atoms with E-state index in [9.17, 15) is 14.7 Å². The van der Waals surface area contributed by atoms with Gasteiger partial charge in [0.25, 0.3) is 0 Å². The summed E-state index contributed by atoms with van der Waals surface area (Å²) in [6.07, 6.45) is 1.27. The van der Waals surface area contributed by atoms with Crippen LogP contribution in [0.15, 0.2) is 48.5 Å². The molecule has 136 valence electrons. The van der Waals surface area contributed by atoms with E-state index in [0.29, 0.717) is 24.5 Å². The number of amides is 2. The minimum absolute atomic E-state index is 0.000452. The van der Waals surface area contributed by atoms with E-state index in [2.05, 4.69) is 10.6 Å². The fourth-order valence-corrected chi connectivity index (χ4v) is 3.15. The predicted molar refractivity (Wildman–Crippen MR) is 97.9 cm³/mol. The number of carbonyl (C=O) groups excluding carboxylic acids is 2. The number of ether oxygens (including phenoxy) is 1. The molecule has 0 aromatic heterocycles. The first-order chi connectivity index (χ1) is 12.5. The second-order valence-electron chi connectivity index (χ2n) is 6.28. The number of nitrogens with one attached hydrogen (secondary N) is 2. The molecule has 3 N–H and O–H groups in total. The number of hydrogen-bond acceptors (Lipinski definition) is 4. The van der Waals surface area contributed by atoms with E-state index in [1.165, 1.54) is 0 Å². The summed E-state index contributed by atoms with van der Waals surface area (Å²) in [7, 11) is 0. The van der Waals surface area contributed by atoms with Crippen LogP contribution in [-0.2, 0) is 21.6 Å². The molecule has 6 nitrogen and oxygen atoms in total. The lowest BCUT2D eigenvalue weighted by molar-refractivity contribution is -0.136. The van der Waals surface area contributed by atoms with Crippen LogP contribution in [0.5, 0.6) is 5.75 Å². The van der Waals surface area contributed by atoms with Gasteiger partial charge in [-0.2, -0.15) is 0 Å². The lowest BCUT2D eigenvalue weighted by atomic mass is 9.96. The second kappa shape index (κ2) is 7.58. The molecule has 1 aliphatic carbocycles. The molecule has 0 saturated heterocycles. The van der Waals surface area contributed by atoms with E-state index in [0.717, 1.165) is 17.5 Å². The summed E-state index contributed by atoms with van der Waals surface area (Å²) in [4.78, 5) is 24.1. The van der Waals surface area contributed by atoms with Crippen LogP contribution in [0.2, 0.25) is 0 Å². The van der Waals surface area contributed by atoms with Crippen LogP contribution in [0.3, 0.4) is 0 Å². The van der Waals surface area contributed by atoms with Gasteiger partial charge in [0.05, 0.1) is 13.2 Å². The van der Waals surface area contributed by atoms with Crippen molar-refractivity contribution in [2.45, 2.75) is 25.4 Å². The first-order valence-corrected chi connectivity index (χ1v) is 8.64. The number of benzene rings is 2. The molecular weight excluding hydrogens is 332 g/mol. The van der Waals surface area contributed by atoms with Gasteiger partial charge >= 0.3 is 11.8 Å². The maximum Gasteiger partial charge on any atom is 0.313 e. The lowest BCUT2D eigenvalue weighted by Crippen LogP contribution is -2.43. The van der Waals surface area contributed by atoms with Gasteiger partial charge in [-0.3, -0.25) is 9.59 Å². The number of aryl methyl sites for hydroxylation is 1. The minimum atomic E-state index is -1.13. The first-order valence-electron chi connectivity index (χ1n) is 8.64. The monoisotopic (exact) mass is 354 g/mol. The summed E-state index contributed by atoms with van der Waals surface area (Å²) in [5.74, 6) is -0.863. The number of aliphatic hydroxyl groups is 1. The number of carbonyl (C=O) groups is 2. The van der Waals surface area contributed by atoms with Crippen LogP contribution in [0.4, 0.5) is 5.69 Å². The summed E-state index contributed by atoms with van der Waals surface area (Å²) >= 11 is 0. The number of rotatable bonds is 5. The fraction of sp³-hybridized carbons (Fsp3) is 0.300.